The van der Waals surface area contributed by atoms with E-state index in [0.717, 1.165) is 30.9 Å². The van der Waals surface area contributed by atoms with Crippen LogP contribution in [0.3, 0.4) is 0 Å². The minimum Gasteiger partial charge on any atom is -0.327 e. The number of aryl methyl sites for hydroxylation is 1. The topological polar surface area (TPSA) is 50.9 Å². The summed E-state index contributed by atoms with van der Waals surface area (Å²) < 4.78 is 0. The molecule has 92 valence electrons. The van der Waals surface area contributed by atoms with Gasteiger partial charge in [-0.3, -0.25) is 0 Å². The lowest BCUT2D eigenvalue weighted by Crippen LogP contribution is -2.34. The Bertz CT molecular complexity index is 296. The Kier molecular flexibility index (Phi) is 5.95. The van der Waals surface area contributed by atoms with E-state index in [9.17, 15) is 0 Å². The van der Waals surface area contributed by atoms with E-state index in [0.29, 0.717) is 5.92 Å². The highest BCUT2D eigenvalue weighted by atomic mass is 32.1. The second-order valence-electron chi connectivity index (χ2n) is 4.59. The number of nitrogens with zero attached hydrogens (tertiary/aromatic N) is 1. The molecule has 1 rings (SSSR count). The molecular formula is C12H23N3S. The summed E-state index contributed by atoms with van der Waals surface area (Å²) in [6.07, 6.45) is 4.12. The van der Waals surface area contributed by atoms with Crippen molar-refractivity contribution in [1.82, 2.24) is 10.3 Å². The zero-order chi connectivity index (χ0) is 12.0. The fourth-order valence-corrected chi connectivity index (χ4v) is 2.48. The summed E-state index contributed by atoms with van der Waals surface area (Å²) in [6.45, 7) is 8.28. The summed E-state index contributed by atoms with van der Waals surface area (Å²) in [6, 6.07) is 0.255. The fraction of sp³-hybridized carbons (Fsp3) is 0.750. The van der Waals surface area contributed by atoms with Gasteiger partial charge in [0.15, 0.2) is 0 Å². The van der Waals surface area contributed by atoms with Gasteiger partial charge in [0.05, 0.1) is 0 Å². The van der Waals surface area contributed by atoms with Gasteiger partial charge in [0.25, 0.3) is 0 Å². The molecule has 1 aromatic rings. The third-order valence-corrected chi connectivity index (χ3v) is 3.55. The second-order valence-corrected chi connectivity index (χ2v) is 5.79. The monoisotopic (exact) mass is 241 g/mol. The van der Waals surface area contributed by atoms with E-state index in [2.05, 4.69) is 31.1 Å². The van der Waals surface area contributed by atoms with E-state index in [1.54, 1.807) is 11.3 Å². The van der Waals surface area contributed by atoms with Crippen molar-refractivity contribution in [3.8, 4) is 0 Å². The molecule has 0 amide bonds. The maximum atomic E-state index is 5.99. The highest BCUT2D eigenvalue weighted by molar-refractivity contribution is 7.11. The SMILES string of the molecule is CCc1cnc(CNCC(N)CC(C)C)s1. The van der Waals surface area contributed by atoms with E-state index < -0.39 is 0 Å². The van der Waals surface area contributed by atoms with Gasteiger partial charge in [-0.15, -0.1) is 11.3 Å². The Balaban J connectivity index is 2.19. The van der Waals surface area contributed by atoms with Gasteiger partial charge >= 0.3 is 0 Å². The molecule has 0 aliphatic rings. The van der Waals surface area contributed by atoms with E-state index >= 15 is 0 Å². The third kappa shape index (κ3) is 5.05. The maximum absolute atomic E-state index is 5.99. The van der Waals surface area contributed by atoms with Gasteiger partial charge in [0, 0.05) is 30.2 Å². The van der Waals surface area contributed by atoms with Gasteiger partial charge in [-0.25, -0.2) is 4.98 Å². The van der Waals surface area contributed by atoms with Crippen LogP contribution in [0.4, 0.5) is 0 Å². The van der Waals surface area contributed by atoms with Gasteiger partial charge in [-0.05, 0) is 18.8 Å². The molecule has 0 aromatic carbocycles. The number of hydrogen-bond acceptors (Lipinski definition) is 4. The van der Waals surface area contributed by atoms with Crippen LogP contribution in [0, 0.1) is 5.92 Å². The van der Waals surface area contributed by atoms with Crippen LogP contribution in [0.15, 0.2) is 6.20 Å². The van der Waals surface area contributed by atoms with Gasteiger partial charge in [0.2, 0.25) is 0 Å². The molecule has 0 aliphatic heterocycles. The minimum absolute atomic E-state index is 0.255. The van der Waals surface area contributed by atoms with Crippen molar-refractivity contribution in [1.29, 1.82) is 0 Å². The van der Waals surface area contributed by atoms with E-state index in [4.69, 9.17) is 5.73 Å². The first kappa shape index (κ1) is 13.6. The van der Waals surface area contributed by atoms with Gasteiger partial charge in [-0.2, -0.15) is 0 Å². The van der Waals surface area contributed by atoms with Crippen LogP contribution in [0.5, 0.6) is 0 Å². The smallest absolute Gasteiger partial charge is 0.107 e. The lowest BCUT2D eigenvalue weighted by Gasteiger charge is -2.14. The molecule has 1 aromatic heterocycles. The second kappa shape index (κ2) is 6.99. The molecule has 0 fully saturated rings. The van der Waals surface area contributed by atoms with Crippen molar-refractivity contribution in [2.45, 2.75) is 46.2 Å². The van der Waals surface area contributed by atoms with E-state index in [1.807, 2.05) is 6.20 Å². The Labute approximate surface area is 102 Å². The maximum Gasteiger partial charge on any atom is 0.107 e. The molecule has 3 nitrogen and oxygen atoms in total. The predicted molar refractivity (Wildman–Crippen MR) is 70.6 cm³/mol. The highest BCUT2D eigenvalue weighted by Gasteiger charge is 2.05. The summed E-state index contributed by atoms with van der Waals surface area (Å²) >= 11 is 1.78. The van der Waals surface area contributed by atoms with E-state index in [-0.39, 0.29) is 6.04 Å². The lowest BCUT2D eigenvalue weighted by atomic mass is 10.0. The normalized spacial score (nSPS) is 13.3. The molecule has 3 N–H and O–H groups in total. The number of aromatic nitrogens is 1. The van der Waals surface area contributed by atoms with Crippen LogP contribution in [-0.2, 0) is 13.0 Å². The van der Waals surface area contributed by atoms with E-state index in [1.165, 1.54) is 4.88 Å². The molecule has 0 saturated heterocycles. The number of nitrogens with two attached hydrogens (primary N) is 1. The number of rotatable bonds is 7. The van der Waals surface area contributed by atoms with Crippen LogP contribution in [-0.4, -0.2) is 17.6 Å². The molecule has 0 saturated carbocycles. The molecule has 0 spiro atoms. The van der Waals surface area contributed by atoms with Crippen molar-refractivity contribution in [3.05, 3.63) is 16.1 Å². The zero-order valence-corrected chi connectivity index (χ0v) is 11.3. The molecule has 1 heterocycles. The Morgan fingerprint density at radius 2 is 2.25 bits per heavy atom. The Morgan fingerprint density at radius 3 is 2.81 bits per heavy atom. The number of thiazole rings is 1. The fourth-order valence-electron chi connectivity index (χ4n) is 1.65. The highest BCUT2D eigenvalue weighted by Crippen LogP contribution is 2.12. The lowest BCUT2D eigenvalue weighted by molar-refractivity contribution is 0.467. The first-order chi connectivity index (χ1) is 7.61. The first-order valence-electron chi connectivity index (χ1n) is 6.01. The van der Waals surface area contributed by atoms with Crippen LogP contribution in [0.25, 0.3) is 0 Å². The summed E-state index contributed by atoms with van der Waals surface area (Å²) in [4.78, 5) is 5.71. The molecule has 4 heteroatoms. The van der Waals surface area contributed by atoms with Crippen LogP contribution in [0.2, 0.25) is 0 Å². The standard InChI is InChI=1S/C12H23N3S/c1-4-11-7-15-12(16-11)8-14-6-10(13)5-9(2)3/h7,9-10,14H,4-6,8,13H2,1-3H3. The number of nitrogens with one attached hydrogen (secondary N) is 1. The van der Waals surface area contributed by atoms with Crippen LogP contribution in [0.1, 0.15) is 37.1 Å². The van der Waals surface area contributed by atoms with Crippen molar-refractivity contribution >= 4 is 11.3 Å². The van der Waals surface area contributed by atoms with Gasteiger partial charge in [-0.1, -0.05) is 20.8 Å². The summed E-state index contributed by atoms with van der Waals surface area (Å²) in [5.74, 6) is 0.670. The van der Waals surface area contributed by atoms with Gasteiger partial charge < -0.3 is 11.1 Å². The van der Waals surface area contributed by atoms with Gasteiger partial charge in [0.1, 0.15) is 5.01 Å². The molecule has 0 aliphatic carbocycles. The predicted octanol–water partition coefficient (Wildman–Crippen LogP) is 2.17. The van der Waals surface area contributed by atoms with Crippen molar-refractivity contribution in [3.63, 3.8) is 0 Å². The Morgan fingerprint density at radius 1 is 1.50 bits per heavy atom. The molecule has 16 heavy (non-hydrogen) atoms. The van der Waals surface area contributed by atoms with Crippen LogP contribution < -0.4 is 11.1 Å². The largest absolute Gasteiger partial charge is 0.327 e. The summed E-state index contributed by atoms with van der Waals surface area (Å²) in [7, 11) is 0. The minimum atomic E-state index is 0.255. The van der Waals surface area contributed by atoms with Crippen molar-refractivity contribution in [2.75, 3.05) is 6.54 Å². The quantitative estimate of drug-likeness (QED) is 0.769. The zero-order valence-electron chi connectivity index (χ0n) is 10.5. The summed E-state index contributed by atoms with van der Waals surface area (Å²) in [5.41, 5.74) is 5.99. The Hall–Kier alpha value is -0.450. The molecule has 1 unspecified atom stereocenters. The average Bonchev–Trinajstić information content (AvgIpc) is 2.64. The molecule has 0 bridgehead atoms. The third-order valence-electron chi connectivity index (χ3n) is 2.41. The molecular weight excluding hydrogens is 218 g/mol. The first-order valence-corrected chi connectivity index (χ1v) is 6.83. The summed E-state index contributed by atoms with van der Waals surface area (Å²) in [5, 5.41) is 4.53. The molecule has 0 radical (unpaired) electrons. The van der Waals surface area contributed by atoms with Crippen molar-refractivity contribution < 1.29 is 0 Å². The average molecular weight is 241 g/mol. The number of hydrogen-bond donors (Lipinski definition) is 2. The van der Waals surface area contributed by atoms with Crippen molar-refractivity contribution in [2.24, 2.45) is 11.7 Å². The van der Waals surface area contributed by atoms with Crippen LogP contribution >= 0.6 is 11.3 Å². The molecule has 1 atom stereocenters.